The third-order valence-corrected chi connectivity index (χ3v) is 8.53. The topological polar surface area (TPSA) is 62.7 Å². The van der Waals surface area contributed by atoms with Gasteiger partial charge in [0.1, 0.15) is 0 Å². The summed E-state index contributed by atoms with van der Waals surface area (Å²) in [5.41, 5.74) is 4.91. The fourth-order valence-electron chi connectivity index (χ4n) is 4.41. The van der Waals surface area contributed by atoms with Crippen LogP contribution in [0, 0.1) is 6.92 Å². The molecule has 0 N–H and O–H groups in total. The van der Waals surface area contributed by atoms with Crippen molar-refractivity contribution >= 4 is 38.2 Å². The third-order valence-electron chi connectivity index (χ3n) is 6.14. The van der Waals surface area contributed by atoms with Crippen molar-refractivity contribution in [2.45, 2.75) is 24.8 Å². The largest absolute Gasteiger partial charge is 0.379 e. The lowest BCUT2D eigenvalue weighted by Crippen LogP contribution is -2.40. The SMILES string of the molecule is Cc1c(Cl)c(CN2CCc3cc(S(=O)(=O)N4CCOCC4)ccc32)nc2ccccc12. The first-order chi connectivity index (χ1) is 14.9. The Morgan fingerprint density at radius 3 is 2.68 bits per heavy atom. The van der Waals surface area contributed by atoms with E-state index in [9.17, 15) is 8.42 Å². The van der Waals surface area contributed by atoms with Crippen LogP contribution in [0.1, 0.15) is 16.8 Å². The van der Waals surface area contributed by atoms with E-state index in [0.29, 0.717) is 42.8 Å². The van der Waals surface area contributed by atoms with Crippen molar-refractivity contribution in [2.75, 3.05) is 37.7 Å². The second-order valence-electron chi connectivity index (χ2n) is 7.99. The summed E-state index contributed by atoms with van der Waals surface area (Å²) in [6.07, 6.45) is 0.798. The fourth-order valence-corrected chi connectivity index (χ4v) is 6.07. The zero-order valence-electron chi connectivity index (χ0n) is 17.3. The van der Waals surface area contributed by atoms with Gasteiger partial charge in [-0.1, -0.05) is 29.8 Å². The van der Waals surface area contributed by atoms with Gasteiger partial charge in [0.2, 0.25) is 10.0 Å². The maximum absolute atomic E-state index is 13.0. The van der Waals surface area contributed by atoms with Gasteiger partial charge in [-0.25, -0.2) is 13.4 Å². The summed E-state index contributed by atoms with van der Waals surface area (Å²) < 4.78 is 32.8. The quantitative estimate of drug-likeness (QED) is 0.596. The van der Waals surface area contributed by atoms with E-state index in [0.717, 1.165) is 46.4 Å². The molecule has 1 saturated heterocycles. The number of halogens is 1. The Bertz CT molecular complexity index is 1260. The zero-order valence-corrected chi connectivity index (χ0v) is 18.9. The Kier molecular flexibility index (Phi) is 5.38. The molecule has 0 aliphatic carbocycles. The number of fused-ring (bicyclic) bond motifs is 2. The molecule has 0 radical (unpaired) electrons. The van der Waals surface area contributed by atoms with Gasteiger partial charge in [-0.3, -0.25) is 0 Å². The molecular formula is C23H24ClN3O3S. The first-order valence-corrected chi connectivity index (χ1v) is 12.3. The molecule has 5 rings (SSSR count). The minimum atomic E-state index is -3.50. The van der Waals surface area contributed by atoms with E-state index in [-0.39, 0.29) is 0 Å². The molecule has 31 heavy (non-hydrogen) atoms. The number of morpholine rings is 1. The molecule has 0 amide bonds. The van der Waals surface area contributed by atoms with Crippen molar-refractivity contribution in [1.29, 1.82) is 0 Å². The number of rotatable bonds is 4. The molecule has 0 spiro atoms. The molecule has 2 aliphatic heterocycles. The Labute approximate surface area is 187 Å². The molecule has 6 nitrogen and oxygen atoms in total. The van der Waals surface area contributed by atoms with Crippen LogP contribution in [0.4, 0.5) is 5.69 Å². The number of ether oxygens (including phenoxy) is 1. The van der Waals surface area contributed by atoms with Gasteiger partial charge in [-0.05, 0) is 48.7 Å². The third kappa shape index (κ3) is 3.69. The van der Waals surface area contributed by atoms with Crippen LogP contribution in [-0.2, 0) is 27.7 Å². The monoisotopic (exact) mass is 457 g/mol. The van der Waals surface area contributed by atoms with Crippen molar-refractivity contribution in [3.8, 4) is 0 Å². The molecule has 0 bridgehead atoms. The summed E-state index contributed by atoms with van der Waals surface area (Å²) in [6.45, 7) is 5.10. The average molecular weight is 458 g/mol. The predicted molar refractivity (Wildman–Crippen MR) is 122 cm³/mol. The smallest absolute Gasteiger partial charge is 0.243 e. The van der Waals surface area contributed by atoms with Crippen molar-refractivity contribution < 1.29 is 13.2 Å². The summed E-state index contributed by atoms with van der Waals surface area (Å²) in [5.74, 6) is 0. The molecule has 1 fully saturated rings. The molecule has 0 unspecified atom stereocenters. The number of para-hydroxylation sites is 1. The second kappa shape index (κ2) is 8.06. The van der Waals surface area contributed by atoms with Crippen LogP contribution in [0.3, 0.4) is 0 Å². The van der Waals surface area contributed by atoms with E-state index in [1.165, 1.54) is 4.31 Å². The molecule has 3 aromatic rings. The average Bonchev–Trinajstić information content (AvgIpc) is 3.20. The Morgan fingerprint density at radius 2 is 1.87 bits per heavy atom. The van der Waals surface area contributed by atoms with E-state index in [1.54, 1.807) is 6.07 Å². The van der Waals surface area contributed by atoms with Crippen LogP contribution < -0.4 is 4.90 Å². The van der Waals surface area contributed by atoms with Crippen LogP contribution in [0.5, 0.6) is 0 Å². The van der Waals surface area contributed by atoms with Gasteiger partial charge >= 0.3 is 0 Å². The Hall–Kier alpha value is -2.19. The summed E-state index contributed by atoms with van der Waals surface area (Å²) in [7, 11) is -3.50. The van der Waals surface area contributed by atoms with Crippen LogP contribution in [0.25, 0.3) is 10.9 Å². The molecule has 0 atom stereocenters. The lowest BCUT2D eigenvalue weighted by molar-refractivity contribution is 0.0730. The highest BCUT2D eigenvalue weighted by Gasteiger charge is 2.29. The van der Waals surface area contributed by atoms with Crippen molar-refractivity contribution in [1.82, 2.24) is 9.29 Å². The van der Waals surface area contributed by atoms with Crippen LogP contribution >= 0.6 is 11.6 Å². The van der Waals surface area contributed by atoms with E-state index in [2.05, 4.69) is 4.90 Å². The number of anilines is 1. The standard InChI is InChI=1S/C23H24ClN3O3S/c1-16-19-4-2-3-5-20(19)25-21(23(16)24)15-26-9-8-17-14-18(6-7-22(17)26)31(28,29)27-10-12-30-13-11-27/h2-7,14H,8-13,15H2,1H3. The molecule has 2 aromatic carbocycles. The highest BCUT2D eigenvalue weighted by atomic mass is 35.5. The Morgan fingerprint density at radius 1 is 1.10 bits per heavy atom. The number of hydrogen-bond donors (Lipinski definition) is 0. The number of pyridine rings is 1. The molecule has 1 aromatic heterocycles. The fraction of sp³-hybridized carbons (Fsp3) is 0.348. The van der Waals surface area contributed by atoms with Gasteiger partial charge in [0, 0.05) is 30.7 Å². The Balaban J connectivity index is 1.43. The van der Waals surface area contributed by atoms with Crippen molar-refractivity contribution in [3.63, 3.8) is 0 Å². The molecule has 3 heterocycles. The molecule has 2 aliphatic rings. The number of hydrogen-bond acceptors (Lipinski definition) is 5. The molecular weight excluding hydrogens is 434 g/mol. The lowest BCUT2D eigenvalue weighted by Gasteiger charge is -2.26. The van der Waals surface area contributed by atoms with Crippen molar-refractivity contribution in [2.24, 2.45) is 0 Å². The molecule has 8 heteroatoms. The lowest BCUT2D eigenvalue weighted by atomic mass is 10.1. The van der Waals surface area contributed by atoms with E-state index in [4.69, 9.17) is 21.3 Å². The van der Waals surface area contributed by atoms with Crippen LogP contribution in [-0.4, -0.2) is 50.6 Å². The summed E-state index contributed by atoms with van der Waals surface area (Å²) in [4.78, 5) is 7.38. The first kappa shape index (κ1) is 20.7. The maximum Gasteiger partial charge on any atom is 0.243 e. The molecule has 162 valence electrons. The van der Waals surface area contributed by atoms with E-state index >= 15 is 0 Å². The summed E-state index contributed by atoms with van der Waals surface area (Å²) in [6, 6.07) is 13.5. The first-order valence-electron chi connectivity index (χ1n) is 10.4. The second-order valence-corrected chi connectivity index (χ2v) is 10.3. The maximum atomic E-state index is 13.0. The van der Waals surface area contributed by atoms with Crippen LogP contribution in [0.2, 0.25) is 5.02 Å². The summed E-state index contributed by atoms with van der Waals surface area (Å²) >= 11 is 6.66. The number of sulfonamides is 1. The van der Waals surface area contributed by atoms with E-state index in [1.807, 2.05) is 43.3 Å². The number of benzene rings is 2. The number of aromatic nitrogens is 1. The number of nitrogens with zero attached hydrogens (tertiary/aromatic N) is 3. The van der Waals surface area contributed by atoms with Crippen molar-refractivity contribution in [3.05, 3.63) is 64.3 Å². The van der Waals surface area contributed by atoms with Gasteiger partial charge < -0.3 is 9.64 Å². The van der Waals surface area contributed by atoms with Gasteiger partial charge in [-0.2, -0.15) is 4.31 Å². The number of aryl methyl sites for hydroxylation is 1. The predicted octanol–water partition coefficient (Wildman–Crippen LogP) is 3.78. The van der Waals surface area contributed by atoms with Crippen LogP contribution in [0.15, 0.2) is 47.4 Å². The van der Waals surface area contributed by atoms with Gasteiger partial charge in [0.15, 0.2) is 0 Å². The molecule has 0 saturated carbocycles. The van der Waals surface area contributed by atoms with Gasteiger partial charge in [0.25, 0.3) is 0 Å². The minimum absolute atomic E-state index is 0.354. The normalized spacial score (nSPS) is 17.3. The zero-order chi connectivity index (χ0) is 21.6. The van der Waals surface area contributed by atoms with Gasteiger partial charge in [0.05, 0.1) is 40.9 Å². The minimum Gasteiger partial charge on any atom is -0.379 e. The van der Waals surface area contributed by atoms with Gasteiger partial charge in [-0.15, -0.1) is 0 Å². The summed E-state index contributed by atoms with van der Waals surface area (Å²) in [5, 5.41) is 1.76. The highest BCUT2D eigenvalue weighted by molar-refractivity contribution is 7.89. The highest BCUT2D eigenvalue weighted by Crippen LogP contribution is 2.34. The van der Waals surface area contributed by atoms with E-state index < -0.39 is 10.0 Å².